The zero-order valence-electron chi connectivity index (χ0n) is 25.1. The molecule has 0 N–H and O–H groups in total. The lowest BCUT2D eigenvalue weighted by Crippen LogP contribution is -1.96. The second-order valence-electron chi connectivity index (χ2n) is 12.1. The first-order valence-electron chi connectivity index (χ1n) is 15.6. The summed E-state index contributed by atoms with van der Waals surface area (Å²) in [6, 6.07) is 53.7. The van der Waals surface area contributed by atoms with Crippen LogP contribution in [0.25, 0.3) is 91.9 Å². The molecule has 0 saturated carbocycles. The van der Waals surface area contributed by atoms with E-state index in [2.05, 4.69) is 120 Å². The molecule has 47 heavy (non-hydrogen) atoms. The summed E-state index contributed by atoms with van der Waals surface area (Å²) in [6.07, 6.45) is 0. The predicted molar refractivity (Wildman–Crippen MR) is 197 cm³/mol. The second-order valence-corrected chi connectivity index (χ2v) is 13.1. The van der Waals surface area contributed by atoms with Crippen LogP contribution in [0.1, 0.15) is 5.56 Å². The number of thiophene rings is 1. The highest BCUT2D eigenvalue weighted by Crippen LogP contribution is 2.42. The van der Waals surface area contributed by atoms with Crippen molar-refractivity contribution < 1.29 is 4.42 Å². The summed E-state index contributed by atoms with van der Waals surface area (Å²) in [4.78, 5) is 0. The molecule has 4 heteroatoms. The number of rotatable bonds is 3. The largest absolute Gasteiger partial charge is 0.456 e. The van der Waals surface area contributed by atoms with Gasteiger partial charge in [-0.3, -0.25) is 0 Å². The standard InChI is InChI=1S/C43H24N2OS/c44-25-27-9-1-2-10-31(27)29-19-28(26-17-18-41-36(22-26)33-12-4-7-15-40(33)46-41)20-30(21-29)45-38-14-6-3-11-32(38)35-23-37-34-13-5-8-16-42(34)47-43(37)24-39(35)45/h1-24H. The van der Waals surface area contributed by atoms with Gasteiger partial charge in [0.15, 0.2) is 0 Å². The zero-order chi connectivity index (χ0) is 31.1. The van der Waals surface area contributed by atoms with Crippen molar-refractivity contribution in [3.8, 4) is 34.0 Å². The molecular formula is C43H24N2OS. The Morgan fingerprint density at radius 3 is 2.15 bits per heavy atom. The molecule has 0 radical (unpaired) electrons. The van der Waals surface area contributed by atoms with Gasteiger partial charge >= 0.3 is 0 Å². The summed E-state index contributed by atoms with van der Waals surface area (Å²) in [5, 5.41) is 17.3. The van der Waals surface area contributed by atoms with Crippen molar-refractivity contribution in [2.24, 2.45) is 0 Å². The maximum Gasteiger partial charge on any atom is 0.135 e. The Morgan fingerprint density at radius 2 is 1.23 bits per heavy atom. The van der Waals surface area contributed by atoms with Crippen molar-refractivity contribution in [2.45, 2.75) is 0 Å². The molecule has 0 bridgehead atoms. The lowest BCUT2D eigenvalue weighted by Gasteiger charge is -2.15. The van der Waals surface area contributed by atoms with Gasteiger partial charge in [-0.15, -0.1) is 11.3 Å². The Hall–Kier alpha value is -6.15. The van der Waals surface area contributed by atoms with Gasteiger partial charge in [-0.1, -0.05) is 78.9 Å². The Morgan fingerprint density at radius 1 is 0.489 bits per heavy atom. The molecule has 0 fully saturated rings. The van der Waals surface area contributed by atoms with Crippen LogP contribution in [0.2, 0.25) is 0 Å². The predicted octanol–water partition coefficient (Wildman–Crippen LogP) is 12.3. The number of hydrogen-bond donors (Lipinski definition) is 0. The average Bonchev–Trinajstić information content (AvgIpc) is 3.79. The van der Waals surface area contributed by atoms with E-state index in [-0.39, 0.29) is 0 Å². The average molecular weight is 617 g/mol. The molecule has 10 aromatic rings. The molecule has 218 valence electrons. The van der Waals surface area contributed by atoms with Crippen molar-refractivity contribution in [3.05, 3.63) is 151 Å². The number of furan rings is 1. The van der Waals surface area contributed by atoms with E-state index in [4.69, 9.17) is 4.42 Å². The fourth-order valence-corrected chi connectivity index (χ4v) is 8.39. The maximum atomic E-state index is 10.1. The van der Waals surface area contributed by atoms with Crippen LogP contribution in [0.4, 0.5) is 0 Å². The molecule has 0 atom stereocenters. The highest BCUT2D eigenvalue weighted by Gasteiger charge is 2.18. The molecule has 0 aliphatic heterocycles. The molecule has 0 aliphatic rings. The van der Waals surface area contributed by atoms with E-state index >= 15 is 0 Å². The number of nitriles is 1. The van der Waals surface area contributed by atoms with Crippen LogP contribution in [-0.4, -0.2) is 4.57 Å². The van der Waals surface area contributed by atoms with E-state index in [1.54, 1.807) is 0 Å². The number of para-hydroxylation sites is 2. The van der Waals surface area contributed by atoms with Crippen molar-refractivity contribution in [2.75, 3.05) is 0 Å². The van der Waals surface area contributed by atoms with E-state index in [1.165, 1.54) is 36.5 Å². The molecule has 0 saturated heterocycles. The number of aromatic nitrogens is 1. The van der Waals surface area contributed by atoms with Crippen LogP contribution in [-0.2, 0) is 0 Å². The van der Waals surface area contributed by atoms with E-state index in [0.717, 1.165) is 55.4 Å². The van der Waals surface area contributed by atoms with Gasteiger partial charge in [0.05, 0.1) is 22.7 Å². The maximum absolute atomic E-state index is 10.1. The van der Waals surface area contributed by atoms with Crippen LogP contribution in [0.5, 0.6) is 0 Å². The Bertz CT molecular complexity index is 2930. The Balaban J connectivity index is 1.29. The van der Waals surface area contributed by atoms with Crippen molar-refractivity contribution in [1.82, 2.24) is 4.57 Å². The Labute approximate surface area is 273 Å². The zero-order valence-corrected chi connectivity index (χ0v) is 25.9. The minimum atomic E-state index is 0.654. The van der Waals surface area contributed by atoms with Gasteiger partial charge in [-0.05, 0) is 89.0 Å². The summed E-state index contributed by atoms with van der Waals surface area (Å²) >= 11 is 1.84. The number of hydrogen-bond acceptors (Lipinski definition) is 3. The lowest BCUT2D eigenvalue weighted by molar-refractivity contribution is 0.669. The molecule has 0 spiro atoms. The van der Waals surface area contributed by atoms with Gasteiger partial charge in [0, 0.05) is 47.4 Å². The van der Waals surface area contributed by atoms with Crippen molar-refractivity contribution in [3.63, 3.8) is 0 Å². The first kappa shape index (κ1) is 26.1. The first-order valence-corrected chi connectivity index (χ1v) is 16.5. The van der Waals surface area contributed by atoms with Crippen LogP contribution in [0, 0.1) is 11.3 Å². The first-order chi connectivity index (χ1) is 23.2. The summed E-state index contributed by atoms with van der Waals surface area (Å²) in [6.45, 7) is 0. The van der Waals surface area contributed by atoms with Crippen LogP contribution in [0.15, 0.2) is 150 Å². The number of fused-ring (bicyclic) bond motifs is 9. The molecule has 3 heterocycles. The monoisotopic (exact) mass is 616 g/mol. The summed E-state index contributed by atoms with van der Waals surface area (Å²) in [5.74, 6) is 0. The number of nitrogens with zero attached hydrogens (tertiary/aromatic N) is 2. The third kappa shape index (κ3) is 3.91. The van der Waals surface area contributed by atoms with Gasteiger partial charge in [0.2, 0.25) is 0 Å². The van der Waals surface area contributed by atoms with Crippen LogP contribution >= 0.6 is 11.3 Å². The fraction of sp³-hybridized carbons (Fsp3) is 0. The third-order valence-electron chi connectivity index (χ3n) is 9.42. The van der Waals surface area contributed by atoms with Crippen molar-refractivity contribution in [1.29, 1.82) is 5.26 Å². The van der Waals surface area contributed by atoms with Crippen molar-refractivity contribution >= 4 is 75.3 Å². The molecule has 3 nitrogen and oxygen atoms in total. The van der Waals surface area contributed by atoms with Gasteiger partial charge in [0.1, 0.15) is 11.2 Å². The fourth-order valence-electron chi connectivity index (χ4n) is 7.27. The highest BCUT2D eigenvalue weighted by molar-refractivity contribution is 7.25. The molecule has 10 rings (SSSR count). The number of benzene rings is 7. The van der Waals surface area contributed by atoms with E-state index < -0.39 is 0 Å². The van der Waals surface area contributed by atoms with Gasteiger partial charge in [0.25, 0.3) is 0 Å². The molecule has 0 aliphatic carbocycles. The second kappa shape index (κ2) is 9.92. The lowest BCUT2D eigenvalue weighted by atomic mass is 9.94. The summed E-state index contributed by atoms with van der Waals surface area (Å²) < 4.78 is 11.1. The van der Waals surface area contributed by atoms with E-state index in [9.17, 15) is 5.26 Å². The topological polar surface area (TPSA) is 41.9 Å². The van der Waals surface area contributed by atoms with Gasteiger partial charge in [-0.2, -0.15) is 5.26 Å². The third-order valence-corrected chi connectivity index (χ3v) is 10.5. The van der Waals surface area contributed by atoms with Crippen LogP contribution in [0.3, 0.4) is 0 Å². The Kier molecular flexibility index (Phi) is 5.51. The molecular weight excluding hydrogens is 593 g/mol. The summed E-state index contributed by atoms with van der Waals surface area (Å²) in [5.41, 5.74) is 9.86. The normalized spacial score (nSPS) is 11.8. The highest BCUT2D eigenvalue weighted by atomic mass is 32.1. The van der Waals surface area contributed by atoms with Crippen LogP contribution < -0.4 is 0 Å². The quantitative estimate of drug-likeness (QED) is 0.198. The molecule has 0 unspecified atom stereocenters. The smallest absolute Gasteiger partial charge is 0.135 e. The SMILES string of the molecule is N#Cc1ccccc1-c1cc(-c2ccc3oc4ccccc4c3c2)cc(-n2c3ccccc3c3cc4c(cc32)sc2ccccc24)c1. The molecule has 0 amide bonds. The molecule has 7 aromatic carbocycles. The van der Waals surface area contributed by atoms with E-state index in [0.29, 0.717) is 5.56 Å². The molecule has 3 aromatic heterocycles. The van der Waals surface area contributed by atoms with Gasteiger partial charge in [-0.25, -0.2) is 0 Å². The van der Waals surface area contributed by atoms with E-state index in [1.807, 2.05) is 47.7 Å². The summed E-state index contributed by atoms with van der Waals surface area (Å²) in [7, 11) is 0. The minimum absolute atomic E-state index is 0.654. The van der Waals surface area contributed by atoms with Gasteiger partial charge < -0.3 is 8.98 Å². The minimum Gasteiger partial charge on any atom is -0.456 e.